The Morgan fingerprint density at radius 2 is 1.60 bits per heavy atom. The quantitative estimate of drug-likeness (QED) is 0.506. The van der Waals surface area contributed by atoms with Crippen LogP contribution in [0.4, 0.5) is 0 Å². The first-order valence-corrected chi connectivity index (χ1v) is 8.03. The van der Waals surface area contributed by atoms with Gasteiger partial charge in [-0.05, 0) is 24.3 Å². The van der Waals surface area contributed by atoms with E-state index >= 15 is 0 Å². The Balaban J connectivity index is 2.31. The van der Waals surface area contributed by atoms with Crippen LogP contribution in [0.2, 0.25) is 0 Å². The lowest BCUT2D eigenvalue weighted by atomic mass is 10.0. The largest absolute Gasteiger partial charge is 0.276 e. The molecule has 0 saturated heterocycles. The van der Waals surface area contributed by atoms with E-state index in [-0.39, 0.29) is 5.56 Å². The lowest BCUT2D eigenvalue weighted by Crippen LogP contribution is -2.22. The molecular weight excluding hydrogens is 308 g/mol. The van der Waals surface area contributed by atoms with Gasteiger partial charge in [-0.2, -0.15) is 0 Å². The molecule has 0 aliphatic carbocycles. The number of pyridine rings is 2. The summed E-state index contributed by atoms with van der Waals surface area (Å²) < 4.78 is 1.69. The molecule has 0 N–H and O–H groups in total. The van der Waals surface area contributed by atoms with Crippen LogP contribution in [-0.4, -0.2) is 9.55 Å². The van der Waals surface area contributed by atoms with Gasteiger partial charge in [0, 0.05) is 28.2 Å². The van der Waals surface area contributed by atoms with Gasteiger partial charge in [-0.1, -0.05) is 55.6 Å². The molecule has 0 spiro atoms. The summed E-state index contributed by atoms with van der Waals surface area (Å²) in [5, 5.41) is 2.28. The molecule has 2 aromatic carbocycles. The lowest BCUT2D eigenvalue weighted by molar-refractivity contribution is 0.990. The smallest absolute Gasteiger partial charge is 0.264 e. The van der Waals surface area contributed by atoms with Gasteiger partial charge in [0.15, 0.2) is 0 Å². The van der Waals surface area contributed by atoms with Gasteiger partial charge in [0.25, 0.3) is 5.56 Å². The van der Waals surface area contributed by atoms with Crippen molar-refractivity contribution in [3.63, 3.8) is 0 Å². The molecular formula is C22H16N2O. The molecule has 0 amide bonds. The minimum absolute atomic E-state index is 0.0831. The van der Waals surface area contributed by atoms with Crippen LogP contribution < -0.4 is 5.56 Å². The molecule has 0 fully saturated rings. The highest BCUT2D eigenvalue weighted by Crippen LogP contribution is 2.28. The molecule has 0 aliphatic heterocycles. The van der Waals surface area contributed by atoms with Gasteiger partial charge in [0.2, 0.25) is 0 Å². The van der Waals surface area contributed by atoms with Gasteiger partial charge < -0.3 is 0 Å². The van der Waals surface area contributed by atoms with Gasteiger partial charge >= 0.3 is 0 Å². The van der Waals surface area contributed by atoms with Crippen LogP contribution in [0.5, 0.6) is 0 Å². The predicted octanol–water partition coefficient (Wildman–Crippen LogP) is 4.82. The fourth-order valence-electron chi connectivity index (χ4n) is 3.30. The molecule has 3 heteroatoms. The summed E-state index contributed by atoms with van der Waals surface area (Å²) in [4.78, 5) is 18.0. The Kier molecular flexibility index (Phi) is 3.55. The van der Waals surface area contributed by atoms with Crippen LogP contribution in [0, 0.1) is 0 Å². The minimum atomic E-state index is -0.0831. The summed E-state index contributed by atoms with van der Waals surface area (Å²) in [6, 6.07) is 17.3. The number of nitrogens with zero attached hydrogens (tertiary/aromatic N) is 2. The van der Waals surface area contributed by atoms with Crippen molar-refractivity contribution >= 4 is 33.8 Å². The van der Waals surface area contributed by atoms with E-state index in [1.54, 1.807) is 22.9 Å². The second-order valence-corrected chi connectivity index (χ2v) is 5.75. The number of hydrogen-bond donors (Lipinski definition) is 0. The van der Waals surface area contributed by atoms with Gasteiger partial charge in [-0.25, -0.2) is 0 Å². The van der Waals surface area contributed by atoms with E-state index in [1.807, 2.05) is 54.6 Å². The Morgan fingerprint density at radius 3 is 2.32 bits per heavy atom. The van der Waals surface area contributed by atoms with Gasteiger partial charge in [0.1, 0.15) is 0 Å². The van der Waals surface area contributed by atoms with Crippen molar-refractivity contribution in [2.24, 2.45) is 0 Å². The van der Waals surface area contributed by atoms with Crippen molar-refractivity contribution in [2.75, 3.05) is 0 Å². The number of para-hydroxylation sites is 2. The standard InChI is InChI=1S/C22H16N2O/c1-3-16-18-14-23-19-13-9-8-12-17(19)21(18)22(25)24(20(16)4-2)15-10-6-5-7-11-15/h3-14H,1-2H2. The molecule has 0 aliphatic rings. The normalized spacial score (nSPS) is 10.9. The highest BCUT2D eigenvalue weighted by atomic mass is 16.1. The summed E-state index contributed by atoms with van der Waals surface area (Å²) in [7, 11) is 0. The van der Waals surface area contributed by atoms with Crippen LogP contribution in [0.15, 0.2) is 78.7 Å². The summed E-state index contributed by atoms with van der Waals surface area (Å²) in [6.07, 6.45) is 5.20. The summed E-state index contributed by atoms with van der Waals surface area (Å²) in [5.41, 5.74) is 3.09. The molecule has 0 bridgehead atoms. The molecule has 4 rings (SSSR count). The highest BCUT2D eigenvalue weighted by molar-refractivity contribution is 6.08. The molecule has 120 valence electrons. The summed E-state index contributed by atoms with van der Waals surface area (Å²) in [6.45, 7) is 7.85. The van der Waals surface area contributed by atoms with Crippen molar-refractivity contribution in [1.29, 1.82) is 0 Å². The van der Waals surface area contributed by atoms with E-state index in [0.717, 1.165) is 33.2 Å². The molecule has 0 radical (unpaired) electrons. The Morgan fingerprint density at radius 1 is 0.880 bits per heavy atom. The second-order valence-electron chi connectivity index (χ2n) is 5.75. The van der Waals surface area contributed by atoms with Crippen LogP contribution in [-0.2, 0) is 0 Å². The number of benzene rings is 2. The number of hydrogen-bond acceptors (Lipinski definition) is 2. The fraction of sp³-hybridized carbons (Fsp3) is 0. The maximum absolute atomic E-state index is 13.4. The second kappa shape index (κ2) is 5.87. The van der Waals surface area contributed by atoms with Gasteiger partial charge in [-0.3, -0.25) is 14.3 Å². The molecule has 4 aromatic rings. The number of aromatic nitrogens is 2. The van der Waals surface area contributed by atoms with Crippen LogP contribution >= 0.6 is 0 Å². The van der Waals surface area contributed by atoms with Crippen molar-refractivity contribution in [1.82, 2.24) is 9.55 Å². The Hall–Kier alpha value is -3.46. The number of fused-ring (bicyclic) bond motifs is 3. The zero-order valence-electron chi connectivity index (χ0n) is 13.6. The number of rotatable bonds is 3. The summed E-state index contributed by atoms with van der Waals surface area (Å²) >= 11 is 0. The fourth-order valence-corrected chi connectivity index (χ4v) is 3.30. The van der Waals surface area contributed by atoms with E-state index < -0.39 is 0 Å². The molecule has 0 atom stereocenters. The molecule has 3 nitrogen and oxygen atoms in total. The van der Waals surface area contributed by atoms with Crippen LogP contribution in [0.3, 0.4) is 0 Å². The zero-order chi connectivity index (χ0) is 17.4. The predicted molar refractivity (Wildman–Crippen MR) is 105 cm³/mol. The first-order valence-electron chi connectivity index (χ1n) is 8.03. The topological polar surface area (TPSA) is 34.9 Å². The summed E-state index contributed by atoms with van der Waals surface area (Å²) in [5.74, 6) is 0. The lowest BCUT2D eigenvalue weighted by Gasteiger charge is -2.16. The van der Waals surface area contributed by atoms with Crippen molar-refractivity contribution < 1.29 is 0 Å². The molecule has 2 aromatic heterocycles. The molecule has 2 heterocycles. The maximum atomic E-state index is 13.4. The third kappa shape index (κ3) is 2.21. The van der Waals surface area contributed by atoms with E-state index in [9.17, 15) is 4.79 Å². The van der Waals surface area contributed by atoms with Crippen LogP contribution in [0.1, 0.15) is 11.3 Å². The minimum Gasteiger partial charge on any atom is -0.276 e. The Labute approximate surface area is 145 Å². The third-order valence-corrected chi connectivity index (χ3v) is 4.41. The zero-order valence-corrected chi connectivity index (χ0v) is 13.6. The molecule has 0 unspecified atom stereocenters. The van der Waals surface area contributed by atoms with Gasteiger partial charge in [0.05, 0.1) is 16.6 Å². The highest BCUT2D eigenvalue weighted by Gasteiger charge is 2.16. The van der Waals surface area contributed by atoms with Crippen molar-refractivity contribution in [3.05, 3.63) is 95.6 Å². The van der Waals surface area contributed by atoms with Crippen molar-refractivity contribution in [3.8, 4) is 5.69 Å². The third-order valence-electron chi connectivity index (χ3n) is 4.41. The van der Waals surface area contributed by atoms with Gasteiger partial charge in [-0.15, -0.1) is 0 Å². The average Bonchev–Trinajstić information content (AvgIpc) is 2.67. The van der Waals surface area contributed by atoms with E-state index in [1.165, 1.54) is 0 Å². The van der Waals surface area contributed by atoms with E-state index in [0.29, 0.717) is 5.39 Å². The van der Waals surface area contributed by atoms with E-state index in [4.69, 9.17) is 0 Å². The van der Waals surface area contributed by atoms with Crippen molar-refractivity contribution in [2.45, 2.75) is 0 Å². The van der Waals surface area contributed by atoms with Crippen LogP contribution in [0.25, 0.3) is 39.5 Å². The average molecular weight is 324 g/mol. The molecule has 0 saturated carbocycles. The van der Waals surface area contributed by atoms with E-state index in [2.05, 4.69) is 18.1 Å². The SMILES string of the molecule is C=Cc1c(C=C)n(-c2ccccc2)c(=O)c2c1cnc1ccccc12. The first-order chi connectivity index (χ1) is 12.3. The Bertz CT molecular complexity index is 1190. The maximum Gasteiger partial charge on any atom is 0.264 e. The monoisotopic (exact) mass is 324 g/mol. The first kappa shape index (κ1) is 15.1. The molecule has 25 heavy (non-hydrogen) atoms.